The Kier molecular flexibility index (Phi) is 19.2. The number of fused-ring (bicyclic) bond motifs is 29. The van der Waals surface area contributed by atoms with Crippen LogP contribution >= 0.6 is 0 Å². The predicted octanol–water partition coefficient (Wildman–Crippen LogP) is 38.0. The van der Waals surface area contributed by atoms with Gasteiger partial charge in [-0.3, -0.25) is 0 Å². The van der Waals surface area contributed by atoms with Crippen molar-refractivity contribution < 1.29 is 8.83 Å². The molecule has 0 saturated heterocycles. The summed E-state index contributed by atoms with van der Waals surface area (Å²) in [5, 5.41) is 14.1. The van der Waals surface area contributed by atoms with Gasteiger partial charge in [-0.2, -0.15) is 0 Å². The fourth-order valence-corrected chi connectivity index (χ4v) is 25.4. The molecule has 3 aliphatic rings. The van der Waals surface area contributed by atoms with Crippen LogP contribution in [0.1, 0.15) is 44.5 Å². The van der Waals surface area contributed by atoms with Gasteiger partial charge in [0.2, 0.25) is 0 Å². The molecule has 0 N–H and O–H groups in total. The smallest absolute Gasteiger partial charge is 0.145 e. The molecule has 1 spiro atoms. The van der Waals surface area contributed by atoms with Crippen molar-refractivity contribution in [2.75, 3.05) is 9.80 Å². The third-order valence-corrected chi connectivity index (χ3v) is 31.8. The number of rotatable bonds is 14. The molecule has 31 rings (SSSR count). The fraction of sp³-hybridized carbons (Fsp3) is 0.0141. The molecule has 690 valence electrons. The van der Waals surface area contributed by atoms with Gasteiger partial charge in [-0.15, -0.1) is 0 Å². The highest BCUT2D eigenvalue weighted by molar-refractivity contribution is 6.29. The molecule has 148 heavy (non-hydrogen) atoms. The topological polar surface area (TPSA) is 42.6 Å². The van der Waals surface area contributed by atoms with Gasteiger partial charge < -0.3 is 27.8 Å². The SMILES string of the molecule is c1ccc(-c2ccc(N(c3ccc(-c4cc5c6ccccc6n(-c6ccc7ccccc7c6)c5c5c4oc4ccccc45)cc3)c3ccc4c(c3)C(c3ccccc3)(c3ccccc3)c3ccccc3-4)cc2)cc1.c1ccc(-c2ccc(N(c3ccc(-c4cc5c6ccccc6n(-c6ccc7ccccc7c6)c5c5c4oc4ccccc45)cc3)c3ccc4c(c3)C3(c5ccccc5-c5ccccc53)c3ccccc3-4)cc2)cc1. The van der Waals surface area contributed by atoms with Crippen LogP contribution in [0.5, 0.6) is 0 Å². The average molecular weight is 1880 g/mol. The molecule has 6 heteroatoms. The quantitative estimate of drug-likeness (QED) is 0.109. The Labute approximate surface area is 855 Å². The van der Waals surface area contributed by atoms with E-state index in [1.54, 1.807) is 0 Å². The molecule has 3 aliphatic carbocycles. The molecule has 0 unspecified atom stereocenters. The van der Waals surface area contributed by atoms with Crippen molar-refractivity contribution in [3.63, 3.8) is 0 Å². The first-order valence-electron chi connectivity index (χ1n) is 51.1. The van der Waals surface area contributed by atoms with Gasteiger partial charge in [0.1, 0.15) is 22.3 Å². The van der Waals surface area contributed by atoms with Crippen LogP contribution in [-0.2, 0) is 10.8 Å². The maximum absolute atomic E-state index is 7.01. The summed E-state index contributed by atoms with van der Waals surface area (Å²) in [4.78, 5) is 4.85. The number of aromatic nitrogens is 2. The largest absolute Gasteiger partial charge is 0.455 e. The second-order valence-corrected chi connectivity index (χ2v) is 39.5. The summed E-state index contributed by atoms with van der Waals surface area (Å²) in [6.07, 6.45) is 0. The van der Waals surface area contributed by atoms with Crippen LogP contribution in [0.25, 0.3) is 198 Å². The van der Waals surface area contributed by atoms with Gasteiger partial charge in [0.15, 0.2) is 0 Å². The lowest BCUT2D eigenvalue weighted by Crippen LogP contribution is -2.28. The van der Waals surface area contributed by atoms with E-state index in [1.807, 2.05) is 0 Å². The Bertz CT molecular complexity index is 9620. The second kappa shape index (κ2) is 33.6. The van der Waals surface area contributed by atoms with E-state index in [4.69, 9.17) is 8.83 Å². The maximum atomic E-state index is 7.01. The lowest BCUT2D eigenvalue weighted by atomic mass is 9.67. The minimum atomic E-state index is -0.537. The van der Waals surface area contributed by atoms with E-state index in [9.17, 15) is 0 Å². The molecule has 0 radical (unpaired) electrons. The summed E-state index contributed by atoms with van der Waals surface area (Å²) in [5.74, 6) is 0. The Morgan fingerprint density at radius 1 is 0.176 bits per heavy atom. The molecule has 4 aromatic heterocycles. The number of furan rings is 2. The number of benzene rings is 24. The van der Waals surface area contributed by atoms with Gasteiger partial charge >= 0.3 is 0 Å². The lowest BCUT2D eigenvalue weighted by Gasteiger charge is -2.35. The fourth-order valence-electron chi connectivity index (χ4n) is 25.4. The molecule has 0 amide bonds. The molecule has 28 aromatic rings. The summed E-state index contributed by atoms with van der Waals surface area (Å²) in [7, 11) is 0. The van der Waals surface area contributed by atoms with Crippen LogP contribution in [0.3, 0.4) is 0 Å². The minimum Gasteiger partial charge on any atom is -0.455 e. The minimum absolute atomic E-state index is 0.462. The Hall–Kier alpha value is -19.4. The van der Waals surface area contributed by atoms with Crippen LogP contribution < -0.4 is 9.80 Å². The van der Waals surface area contributed by atoms with Gasteiger partial charge in [-0.25, -0.2) is 0 Å². The van der Waals surface area contributed by atoms with E-state index >= 15 is 0 Å². The molecule has 0 bridgehead atoms. The van der Waals surface area contributed by atoms with Crippen LogP contribution in [0, 0.1) is 0 Å². The van der Waals surface area contributed by atoms with Crippen molar-refractivity contribution in [2.24, 2.45) is 0 Å². The Morgan fingerprint density at radius 2 is 0.466 bits per heavy atom. The second-order valence-electron chi connectivity index (χ2n) is 39.5. The van der Waals surface area contributed by atoms with Crippen LogP contribution in [0.2, 0.25) is 0 Å². The van der Waals surface area contributed by atoms with E-state index in [2.05, 4.69) is 565 Å². The first-order chi connectivity index (χ1) is 73.4. The standard InChI is InChI=1S/C71H44N2O.C71H46N2O/c1-2-16-45(17-3-1)47-30-35-50(36-31-47)72(53-40-41-57-56-22-8-13-27-64(56)71(65(57)43-53)62-25-11-6-20-54(62)55-21-7-12-26-63(55)71)51-37-33-48(34-38-51)60-44-61-58-23-9-14-28-66(58)73(52-39-32-46-18-4-5-19-49(46)42-52)69(61)68-59-24-10-15-29-67(59)74-70(60)68;1-4-18-47(19-5-1)49-32-37-54(38-33-49)72(57-42-43-59-58-26-12-15-29-64(58)71(65(59)45-57,52-22-6-2-7-23-52)53-24-8-3-9-25-53)55-39-35-50(36-40-55)62-46-63-60-27-13-16-30-66(60)73(56-41-34-48-20-10-11-21-51(48)44-56)69(63)68-61-28-14-17-31-67(61)74-70(62)68/h1-44H;1-46H. The molecule has 0 saturated carbocycles. The first-order valence-corrected chi connectivity index (χ1v) is 51.1. The molecule has 24 aromatic carbocycles. The zero-order valence-corrected chi connectivity index (χ0v) is 80.6. The number of para-hydroxylation sites is 4. The van der Waals surface area contributed by atoms with Crippen LogP contribution in [0.4, 0.5) is 34.1 Å². The van der Waals surface area contributed by atoms with Crippen LogP contribution in [-0.4, -0.2) is 9.13 Å². The highest BCUT2D eigenvalue weighted by Crippen LogP contribution is 2.65. The zero-order chi connectivity index (χ0) is 97.2. The summed E-state index contributed by atoms with van der Waals surface area (Å²) >= 11 is 0. The van der Waals surface area contributed by atoms with E-state index in [1.165, 1.54) is 143 Å². The number of hydrogen-bond acceptors (Lipinski definition) is 4. The van der Waals surface area contributed by atoms with Crippen molar-refractivity contribution in [3.8, 4) is 89.3 Å². The van der Waals surface area contributed by atoms with Crippen molar-refractivity contribution in [1.29, 1.82) is 0 Å². The van der Waals surface area contributed by atoms with Crippen molar-refractivity contribution in [1.82, 2.24) is 9.13 Å². The molecule has 0 fully saturated rings. The molecule has 0 aliphatic heterocycles. The van der Waals surface area contributed by atoms with Crippen LogP contribution in [0.15, 0.2) is 555 Å². The summed E-state index contributed by atoms with van der Waals surface area (Å²) in [6, 6.07) is 200. The zero-order valence-electron chi connectivity index (χ0n) is 80.6. The highest BCUT2D eigenvalue weighted by Gasteiger charge is 2.52. The lowest BCUT2D eigenvalue weighted by molar-refractivity contribution is 0.670. The van der Waals surface area contributed by atoms with Gasteiger partial charge in [0, 0.05) is 88.9 Å². The highest BCUT2D eigenvalue weighted by atomic mass is 16.3. The maximum Gasteiger partial charge on any atom is 0.145 e. The number of nitrogens with zero attached hydrogens (tertiary/aromatic N) is 4. The normalized spacial score (nSPS) is 12.8. The predicted molar refractivity (Wildman–Crippen MR) is 616 cm³/mol. The molecule has 0 atom stereocenters. The summed E-state index contributed by atoms with van der Waals surface area (Å²) < 4.78 is 18.9. The van der Waals surface area contributed by atoms with Gasteiger partial charge in [-0.1, -0.05) is 413 Å². The molecular weight excluding hydrogens is 1790 g/mol. The van der Waals surface area contributed by atoms with Gasteiger partial charge in [0.25, 0.3) is 0 Å². The van der Waals surface area contributed by atoms with Crippen molar-refractivity contribution in [3.05, 3.63) is 590 Å². The summed E-state index contributed by atoms with van der Waals surface area (Å²) in [6.45, 7) is 0. The Balaban J connectivity index is 0.000000137. The first kappa shape index (κ1) is 84.3. The number of hydrogen-bond donors (Lipinski definition) is 0. The third-order valence-electron chi connectivity index (χ3n) is 31.8. The Morgan fingerprint density at radius 3 is 0.858 bits per heavy atom. The number of anilines is 6. The molecular formula is C142H90N4O2. The van der Waals surface area contributed by atoms with Crippen molar-refractivity contribution in [2.45, 2.75) is 10.8 Å². The average Bonchev–Trinajstić information content (AvgIpc) is 1.50. The monoisotopic (exact) mass is 1880 g/mol. The third kappa shape index (κ3) is 12.8. The van der Waals surface area contributed by atoms with E-state index in [0.29, 0.717) is 0 Å². The molecule has 6 nitrogen and oxygen atoms in total. The summed E-state index contributed by atoms with van der Waals surface area (Å²) in [5.41, 5.74) is 42.9. The van der Waals surface area contributed by atoms with E-state index in [-0.39, 0.29) is 0 Å². The van der Waals surface area contributed by atoms with Gasteiger partial charge in [0.05, 0.1) is 43.7 Å². The van der Waals surface area contributed by atoms with E-state index in [0.717, 1.165) is 134 Å². The van der Waals surface area contributed by atoms with Gasteiger partial charge in [-0.05, 0) is 266 Å². The van der Waals surface area contributed by atoms with Crippen molar-refractivity contribution >= 4 is 143 Å². The molecule has 4 heterocycles. The van der Waals surface area contributed by atoms with E-state index < -0.39 is 10.8 Å².